The van der Waals surface area contributed by atoms with Crippen LogP contribution in [0.3, 0.4) is 0 Å². The van der Waals surface area contributed by atoms with Crippen molar-refractivity contribution in [2.45, 2.75) is 32.3 Å². The first-order valence-electron chi connectivity index (χ1n) is 12.3. The molecule has 1 saturated heterocycles. The predicted octanol–water partition coefficient (Wildman–Crippen LogP) is 5.86. The third-order valence-electron chi connectivity index (χ3n) is 6.84. The normalized spacial score (nSPS) is 15.1. The van der Waals surface area contributed by atoms with Crippen molar-refractivity contribution in [3.8, 4) is 22.3 Å². The van der Waals surface area contributed by atoms with Crippen LogP contribution in [0.25, 0.3) is 38.8 Å². The van der Waals surface area contributed by atoms with Crippen LogP contribution in [0.4, 0.5) is 0 Å². The molecule has 2 aromatic carbocycles. The Morgan fingerprint density at radius 3 is 2.40 bits per heavy atom. The Balaban J connectivity index is 0.00000124. The standard InChI is InChI=1S/C27H25N5O.C2H6/c1-33-27(11-14-28-15-12-27)21-8-6-19(7-9-21)20-16-30-26-24(17-31-32(26)18-20)22-10-13-29-25-5-3-2-4-23(22)25;1-2/h2-10,13,16-18,28H,11-12,14-15H2,1H3;1-2H3. The summed E-state index contributed by atoms with van der Waals surface area (Å²) in [5, 5.41) is 9.13. The fraction of sp³-hybridized carbons (Fsp3) is 0.276. The van der Waals surface area contributed by atoms with Gasteiger partial charge in [0.1, 0.15) is 0 Å². The molecule has 0 bridgehead atoms. The van der Waals surface area contributed by atoms with E-state index in [1.54, 1.807) is 0 Å². The largest absolute Gasteiger partial charge is 0.373 e. The van der Waals surface area contributed by atoms with Crippen molar-refractivity contribution in [3.05, 3.63) is 84.9 Å². The summed E-state index contributed by atoms with van der Waals surface area (Å²) >= 11 is 0. The zero-order chi connectivity index (χ0) is 24.3. The van der Waals surface area contributed by atoms with E-state index in [1.165, 1.54) is 5.56 Å². The summed E-state index contributed by atoms with van der Waals surface area (Å²) in [4.78, 5) is 9.27. The van der Waals surface area contributed by atoms with Gasteiger partial charge in [-0.05, 0) is 54.8 Å². The molecule has 1 aliphatic rings. The average molecular weight is 466 g/mol. The van der Waals surface area contributed by atoms with Gasteiger partial charge < -0.3 is 10.1 Å². The summed E-state index contributed by atoms with van der Waals surface area (Å²) in [7, 11) is 1.82. The van der Waals surface area contributed by atoms with Crippen LogP contribution in [0.5, 0.6) is 0 Å². The lowest BCUT2D eigenvalue weighted by molar-refractivity contribution is -0.0391. The second kappa shape index (κ2) is 9.94. The highest BCUT2D eigenvalue weighted by Gasteiger charge is 2.33. The van der Waals surface area contributed by atoms with Crippen LogP contribution in [-0.4, -0.2) is 39.8 Å². The van der Waals surface area contributed by atoms with E-state index in [0.717, 1.165) is 64.7 Å². The van der Waals surface area contributed by atoms with Crippen LogP contribution < -0.4 is 5.32 Å². The Hall–Kier alpha value is -3.61. The number of nitrogens with one attached hydrogen (secondary N) is 1. The number of hydrogen-bond donors (Lipinski definition) is 1. The Morgan fingerprint density at radius 2 is 1.63 bits per heavy atom. The number of nitrogens with zero attached hydrogens (tertiary/aromatic N) is 4. The van der Waals surface area contributed by atoms with Gasteiger partial charge in [-0.3, -0.25) is 4.98 Å². The van der Waals surface area contributed by atoms with E-state index < -0.39 is 0 Å². The fourth-order valence-corrected chi connectivity index (χ4v) is 4.95. The molecule has 1 N–H and O–H groups in total. The summed E-state index contributed by atoms with van der Waals surface area (Å²) in [6.45, 7) is 5.95. The second-order valence-corrected chi connectivity index (χ2v) is 8.57. The summed E-state index contributed by atoms with van der Waals surface area (Å²) in [6.07, 6.45) is 9.66. The zero-order valence-electron chi connectivity index (χ0n) is 20.5. The molecule has 0 radical (unpaired) electrons. The van der Waals surface area contributed by atoms with Crippen LogP contribution in [0, 0.1) is 0 Å². The van der Waals surface area contributed by atoms with E-state index in [9.17, 15) is 0 Å². The molecule has 0 atom stereocenters. The summed E-state index contributed by atoms with van der Waals surface area (Å²) < 4.78 is 7.83. The van der Waals surface area contributed by atoms with Crippen molar-refractivity contribution in [1.82, 2.24) is 24.9 Å². The van der Waals surface area contributed by atoms with E-state index >= 15 is 0 Å². The van der Waals surface area contributed by atoms with E-state index in [1.807, 2.05) is 74.5 Å². The number of piperidine rings is 1. The predicted molar refractivity (Wildman–Crippen MR) is 141 cm³/mol. The number of fused-ring (bicyclic) bond motifs is 2. The Morgan fingerprint density at radius 1 is 0.857 bits per heavy atom. The molecule has 6 nitrogen and oxygen atoms in total. The van der Waals surface area contributed by atoms with Crippen LogP contribution in [0.2, 0.25) is 0 Å². The number of methoxy groups -OCH3 is 1. The number of benzene rings is 2. The maximum absolute atomic E-state index is 5.97. The van der Waals surface area contributed by atoms with Crippen molar-refractivity contribution < 1.29 is 4.74 Å². The minimum Gasteiger partial charge on any atom is -0.373 e. The van der Waals surface area contributed by atoms with E-state index in [4.69, 9.17) is 9.72 Å². The lowest BCUT2D eigenvalue weighted by atomic mass is 9.84. The number of rotatable bonds is 4. The summed E-state index contributed by atoms with van der Waals surface area (Å²) in [5.41, 5.74) is 7.06. The van der Waals surface area contributed by atoms with Gasteiger partial charge in [0.05, 0.1) is 17.3 Å². The van der Waals surface area contributed by atoms with Crippen molar-refractivity contribution >= 4 is 16.6 Å². The molecule has 0 spiro atoms. The molecule has 0 saturated carbocycles. The highest BCUT2D eigenvalue weighted by molar-refractivity contribution is 5.97. The van der Waals surface area contributed by atoms with E-state index in [-0.39, 0.29) is 5.60 Å². The molecule has 6 rings (SSSR count). The number of pyridine rings is 1. The van der Waals surface area contributed by atoms with E-state index in [0.29, 0.717) is 0 Å². The molecule has 4 heterocycles. The quantitative estimate of drug-likeness (QED) is 0.360. The van der Waals surface area contributed by atoms with Gasteiger partial charge in [-0.25, -0.2) is 9.50 Å². The maximum atomic E-state index is 5.97. The van der Waals surface area contributed by atoms with Gasteiger partial charge in [0, 0.05) is 42.2 Å². The van der Waals surface area contributed by atoms with Gasteiger partial charge in [0.15, 0.2) is 5.65 Å². The minimum atomic E-state index is -0.198. The third-order valence-corrected chi connectivity index (χ3v) is 6.84. The molecule has 0 amide bonds. The Bertz CT molecular complexity index is 1430. The molecule has 35 heavy (non-hydrogen) atoms. The number of para-hydroxylation sites is 1. The topological polar surface area (TPSA) is 64.3 Å². The van der Waals surface area contributed by atoms with Gasteiger partial charge in [-0.1, -0.05) is 56.3 Å². The van der Waals surface area contributed by atoms with Crippen LogP contribution in [-0.2, 0) is 10.3 Å². The molecule has 178 valence electrons. The van der Waals surface area contributed by atoms with Gasteiger partial charge in [-0.15, -0.1) is 0 Å². The van der Waals surface area contributed by atoms with Crippen molar-refractivity contribution in [2.24, 2.45) is 0 Å². The summed E-state index contributed by atoms with van der Waals surface area (Å²) in [5.74, 6) is 0. The first kappa shape index (κ1) is 23.1. The Labute approximate surface area is 206 Å². The maximum Gasteiger partial charge on any atom is 0.162 e. The third kappa shape index (κ3) is 4.20. The lowest BCUT2D eigenvalue weighted by Gasteiger charge is -2.37. The first-order valence-corrected chi connectivity index (χ1v) is 12.3. The SMILES string of the molecule is CC.COC1(c2ccc(-c3cnc4c(-c5ccnc6ccccc56)cnn4c3)cc2)CCNCC1. The molecular formula is C29H31N5O. The molecule has 1 aliphatic heterocycles. The number of ether oxygens (including phenoxy) is 1. The van der Waals surface area contributed by atoms with Crippen molar-refractivity contribution in [3.63, 3.8) is 0 Å². The summed E-state index contributed by atoms with van der Waals surface area (Å²) in [6, 6.07) is 18.9. The highest BCUT2D eigenvalue weighted by atomic mass is 16.5. The lowest BCUT2D eigenvalue weighted by Crippen LogP contribution is -2.41. The number of hydrogen-bond acceptors (Lipinski definition) is 5. The average Bonchev–Trinajstić information content (AvgIpc) is 3.37. The second-order valence-electron chi connectivity index (χ2n) is 8.57. The minimum absolute atomic E-state index is 0.198. The van der Waals surface area contributed by atoms with E-state index in [2.05, 4.69) is 45.7 Å². The number of aromatic nitrogens is 4. The van der Waals surface area contributed by atoms with Gasteiger partial charge in [0.25, 0.3) is 0 Å². The molecule has 6 heteroatoms. The fourth-order valence-electron chi connectivity index (χ4n) is 4.95. The van der Waals surface area contributed by atoms with Crippen LogP contribution >= 0.6 is 0 Å². The van der Waals surface area contributed by atoms with Crippen LogP contribution in [0.15, 0.2) is 79.4 Å². The van der Waals surface area contributed by atoms with Gasteiger partial charge in [0.2, 0.25) is 0 Å². The first-order chi connectivity index (χ1) is 17.3. The highest BCUT2D eigenvalue weighted by Crippen LogP contribution is 2.35. The monoisotopic (exact) mass is 465 g/mol. The molecule has 5 aromatic rings. The van der Waals surface area contributed by atoms with Gasteiger partial charge >= 0.3 is 0 Å². The Kier molecular flexibility index (Phi) is 6.57. The van der Waals surface area contributed by atoms with Crippen molar-refractivity contribution in [2.75, 3.05) is 20.2 Å². The smallest absolute Gasteiger partial charge is 0.162 e. The molecule has 0 unspecified atom stereocenters. The zero-order valence-corrected chi connectivity index (χ0v) is 20.5. The molecular weight excluding hydrogens is 434 g/mol. The molecule has 0 aliphatic carbocycles. The molecule has 1 fully saturated rings. The molecule has 3 aromatic heterocycles. The van der Waals surface area contributed by atoms with Crippen LogP contribution in [0.1, 0.15) is 32.3 Å². The van der Waals surface area contributed by atoms with Crippen molar-refractivity contribution in [1.29, 1.82) is 0 Å². The van der Waals surface area contributed by atoms with Gasteiger partial charge in [-0.2, -0.15) is 5.10 Å².